The highest BCUT2D eigenvalue weighted by atomic mass is 35.5. The fourth-order valence-corrected chi connectivity index (χ4v) is 6.89. The van der Waals surface area contributed by atoms with E-state index in [2.05, 4.69) is 20.0 Å². The second kappa shape index (κ2) is 8.88. The van der Waals surface area contributed by atoms with Crippen molar-refractivity contribution in [3.05, 3.63) is 11.6 Å². The largest absolute Gasteiger partial charge is 0.387 e. The zero-order chi connectivity index (χ0) is 23.3. The van der Waals surface area contributed by atoms with Crippen LogP contribution in [0.2, 0.25) is 5.28 Å². The Balaban J connectivity index is 1.55. The van der Waals surface area contributed by atoms with Crippen molar-refractivity contribution in [3.63, 3.8) is 0 Å². The molecule has 14 nitrogen and oxygen atoms in total. The summed E-state index contributed by atoms with van der Waals surface area (Å²) < 4.78 is 30.0. The summed E-state index contributed by atoms with van der Waals surface area (Å²) in [4.78, 5) is 42.4. The first-order valence-corrected chi connectivity index (χ1v) is 13.8. The molecule has 0 amide bonds. The Bertz CT molecular complexity index is 1090. The van der Waals surface area contributed by atoms with Gasteiger partial charge in [-0.1, -0.05) is 0 Å². The number of ether oxygens (including phenoxy) is 1. The van der Waals surface area contributed by atoms with Gasteiger partial charge >= 0.3 is 7.60 Å². The van der Waals surface area contributed by atoms with Gasteiger partial charge in [-0.3, -0.25) is 13.7 Å². The van der Waals surface area contributed by atoms with Crippen LogP contribution in [-0.4, -0.2) is 88.3 Å². The zero-order valence-corrected chi connectivity index (χ0v) is 19.1. The normalized spacial score (nSPS) is 28.5. The van der Waals surface area contributed by atoms with Crippen molar-refractivity contribution < 1.29 is 38.8 Å². The maximum Gasteiger partial charge on any atom is 0.336 e. The minimum absolute atomic E-state index is 0.0222. The number of aromatic nitrogens is 4. The topological polar surface area (TPSA) is 203 Å². The van der Waals surface area contributed by atoms with E-state index in [0.29, 0.717) is 11.3 Å². The number of aliphatic hydroxyl groups excluding tert-OH is 2. The van der Waals surface area contributed by atoms with Crippen LogP contribution in [0.15, 0.2) is 6.33 Å². The van der Waals surface area contributed by atoms with Crippen LogP contribution in [0, 0.1) is 0 Å². The highest BCUT2D eigenvalue weighted by Crippen LogP contribution is 2.52. The van der Waals surface area contributed by atoms with E-state index in [4.69, 9.17) is 26.1 Å². The lowest BCUT2D eigenvalue weighted by atomic mass is 10.1. The molecule has 17 heteroatoms. The number of anilines is 1. The lowest BCUT2D eigenvalue weighted by molar-refractivity contribution is -0.0331. The number of hydrogen-bond donors (Lipinski definition) is 6. The van der Waals surface area contributed by atoms with Crippen LogP contribution in [0.25, 0.3) is 11.2 Å². The Morgan fingerprint density at radius 1 is 1.16 bits per heavy atom. The second-order valence-electron chi connectivity index (χ2n) is 7.75. The molecular weight excluding hydrogens is 490 g/mol. The third-order valence-electron chi connectivity index (χ3n) is 5.31. The summed E-state index contributed by atoms with van der Waals surface area (Å²) in [5, 5.41) is 23.0. The number of imidazole rings is 1. The Morgan fingerprint density at radius 2 is 1.84 bits per heavy atom. The van der Waals surface area contributed by atoms with Crippen LogP contribution < -0.4 is 9.99 Å². The first kappa shape index (κ1) is 24.0. The minimum atomic E-state index is -4.75. The molecule has 4 heterocycles. The highest BCUT2D eigenvalue weighted by molar-refractivity contribution is 7.71. The number of nitrogens with one attached hydrogen (secondary N) is 1. The van der Waals surface area contributed by atoms with Gasteiger partial charge in [0.25, 0.3) is 7.52 Å². The van der Waals surface area contributed by atoms with E-state index in [9.17, 15) is 24.2 Å². The molecular formula is C15H23ClN6O8P2. The van der Waals surface area contributed by atoms with Crippen LogP contribution in [0.1, 0.15) is 19.1 Å². The third kappa shape index (κ3) is 5.00. The highest BCUT2D eigenvalue weighted by Gasteiger charge is 2.45. The zero-order valence-electron chi connectivity index (χ0n) is 16.6. The number of aliphatic hydroxyl groups is 2. The Labute approximate surface area is 186 Å². The summed E-state index contributed by atoms with van der Waals surface area (Å²) in [6.07, 6.45) is -1.81. The summed E-state index contributed by atoms with van der Waals surface area (Å²) in [7, 11) is -9.15. The maximum absolute atomic E-state index is 12.0. The first-order chi connectivity index (χ1) is 15.0. The van der Waals surface area contributed by atoms with Gasteiger partial charge in [-0.15, -0.1) is 0 Å². The molecule has 2 aromatic heterocycles. The first-order valence-electron chi connectivity index (χ1n) is 9.73. The summed E-state index contributed by atoms with van der Waals surface area (Å²) in [6.45, 7) is 1.14. The van der Waals surface area contributed by atoms with Crippen LogP contribution in [0.5, 0.6) is 0 Å². The number of halogens is 1. The van der Waals surface area contributed by atoms with E-state index >= 15 is 0 Å². The van der Waals surface area contributed by atoms with Gasteiger partial charge in [0.15, 0.2) is 23.2 Å². The van der Waals surface area contributed by atoms with Gasteiger partial charge in [0.2, 0.25) is 5.28 Å². The quantitative estimate of drug-likeness (QED) is 0.207. The Hall–Kier alpha value is -1.18. The molecule has 0 spiro atoms. The molecule has 0 radical (unpaired) electrons. The Morgan fingerprint density at radius 3 is 2.50 bits per heavy atom. The minimum Gasteiger partial charge on any atom is -0.387 e. The molecule has 2 aliphatic heterocycles. The van der Waals surface area contributed by atoms with Crippen molar-refractivity contribution >= 4 is 43.7 Å². The SMILES string of the molecule is O=P(O)(O)CP(=O)(O)NCC1OC(n2cnc3c(N4CCCC4)nc(Cl)nc32)C(O)C1O. The molecule has 2 aromatic rings. The lowest BCUT2D eigenvalue weighted by Crippen LogP contribution is -2.37. The van der Waals surface area contributed by atoms with Crippen LogP contribution in [0.3, 0.4) is 0 Å². The van der Waals surface area contributed by atoms with Crippen molar-refractivity contribution in [3.8, 4) is 0 Å². The van der Waals surface area contributed by atoms with Gasteiger partial charge in [-0.05, 0) is 24.4 Å². The molecule has 6 N–H and O–H groups in total. The lowest BCUT2D eigenvalue weighted by Gasteiger charge is -2.19. The standard InChI is InChI=1S/C15H23ClN6O8P2/c16-15-19-12(21-3-1-2-4-21)9-13(20-15)22(6-17-9)14-11(24)10(23)8(30-14)5-18-31(25,26)7-32(27,28)29/h6,8,10-11,14,23-24H,1-5,7H2,(H2,18,25,26)(H2,27,28,29). The maximum atomic E-state index is 12.0. The van der Waals surface area contributed by atoms with Gasteiger partial charge in [-0.25, -0.2) is 10.1 Å². The monoisotopic (exact) mass is 512 g/mol. The number of rotatable bonds is 7. The third-order valence-corrected chi connectivity index (χ3v) is 9.16. The molecule has 5 atom stereocenters. The van der Waals surface area contributed by atoms with E-state index < -0.39 is 52.1 Å². The predicted octanol–water partition coefficient (Wildman–Crippen LogP) is -0.391. The van der Waals surface area contributed by atoms with Gasteiger partial charge in [0, 0.05) is 19.6 Å². The van der Waals surface area contributed by atoms with Crippen molar-refractivity contribution in [1.82, 2.24) is 24.6 Å². The van der Waals surface area contributed by atoms with Gasteiger partial charge in [0.1, 0.15) is 24.2 Å². The molecule has 0 saturated carbocycles. The average molecular weight is 513 g/mol. The van der Waals surface area contributed by atoms with Crippen molar-refractivity contribution in [2.45, 2.75) is 37.4 Å². The molecule has 32 heavy (non-hydrogen) atoms. The second-order valence-corrected chi connectivity index (χ2v) is 12.3. The van der Waals surface area contributed by atoms with Crippen molar-refractivity contribution in [1.29, 1.82) is 0 Å². The summed E-state index contributed by atoms with van der Waals surface area (Å²) in [5.74, 6) is -0.712. The van der Waals surface area contributed by atoms with E-state index in [1.54, 1.807) is 0 Å². The molecule has 2 saturated heterocycles. The molecule has 0 bridgehead atoms. The van der Waals surface area contributed by atoms with Gasteiger partial charge in [0.05, 0.1) is 6.33 Å². The fourth-order valence-electron chi connectivity index (χ4n) is 3.87. The summed E-state index contributed by atoms with van der Waals surface area (Å²) >= 11 is 6.11. The molecule has 178 valence electrons. The van der Waals surface area contributed by atoms with Crippen LogP contribution >= 0.6 is 26.7 Å². The summed E-state index contributed by atoms with van der Waals surface area (Å²) in [6, 6.07) is 0. The molecule has 2 aliphatic rings. The van der Waals surface area contributed by atoms with E-state index in [1.807, 2.05) is 4.90 Å². The smallest absolute Gasteiger partial charge is 0.336 e. The number of nitrogens with zero attached hydrogens (tertiary/aromatic N) is 5. The number of hydrogen-bond acceptors (Lipinski definition) is 9. The fraction of sp³-hybridized carbons (Fsp3) is 0.667. The molecule has 2 fully saturated rings. The average Bonchev–Trinajstić information content (AvgIpc) is 3.39. The number of fused-ring (bicyclic) bond motifs is 1. The van der Waals surface area contributed by atoms with Gasteiger partial charge in [-0.2, -0.15) is 9.97 Å². The Kier molecular flexibility index (Phi) is 6.65. The predicted molar refractivity (Wildman–Crippen MR) is 112 cm³/mol. The van der Waals surface area contributed by atoms with E-state index in [1.165, 1.54) is 10.9 Å². The van der Waals surface area contributed by atoms with Crippen LogP contribution in [0.4, 0.5) is 5.82 Å². The van der Waals surface area contributed by atoms with Gasteiger partial charge < -0.3 is 34.5 Å². The van der Waals surface area contributed by atoms with Crippen molar-refractivity contribution in [2.75, 3.05) is 30.4 Å². The summed E-state index contributed by atoms with van der Waals surface area (Å²) in [5.41, 5.74) is 0.732. The molecule has 0 aliphatic carbocycles. The molecule has 5 unspecified atom stereocenters. The van der Waals surface area contributed by atoms with Crippen LogP contribution in [-0.2, 0) is 13.9 Å². The van der Waals surface area contributed by atoms with E-state index in [-0.39, 0.29) is 10.9 Å². The van der Waals surface area contributed by atoms with E-state index in [0.717, 1.165) is 25.9 Å². The molecule has 4 rings (SSSR count). The van der Waals surface area contributed by atoms with Crippen molar-refractivity contribution in [2.24, 2.45) is 0 Å². The molecule has 0 aromatic carbocycles.